The third-order valence-electron chi connectivity index (χ3n) is 4.30. The Morgan fingerprint density at radius 3 is 2.74 bits per heavy atom. The van der Waals surface area contributed by atoms with Crippen LogP contribution >= 0.6 is 15.3 Å². The summed E-state index contributed by atoms with van der Waals surface area (Å²) >= 11 is 0. The molecule has 3 heterocycles. The number of carbonyl (C=O) groups is 1. The molecule has 172 valence electrons. The molecule has 0 aliphatic carbocycles. The number of hydrogen-bond donors (Lipinski definition) is 5. The Bertz CT molecular complexity index is 1030. The fourth-order valence-electron chi connectivity index (χ4n) is 2.89. The number of imidazole rings is 1. The number of aromatic nitrogens is 4. The lowest BCUT2D eigenvalue weighted by molar-refractivity contribution is -0.131. The van der Waals surface area contributed by atoms with Gasteiger partial charge in [0.2, 0.25) is 0 Å². The van der Waals surface area contributed by atoms with Gasteiger partial charge in [-0.1, -0.05) is 0 Å². The van der Waals surface area contributed by atoms with E-state index >= 15 is 0 Å². The molecule has 16 nitrogen and oxygen atoms in total. The topological polar surface area (TPSA) is 233 Å². The van der Waals surface area contributed by atoms with Crippen molar-refractivity contribution < 1.29 is 47.7 Å². The molecule has 1 saturated heterocycles. The van der Waals surface area contributed by atoms with Crippen LogP contribution in [0.2, 0.25) is 0 Å². The van der Waals surface area contributed by atoms with E-state index in [1.165, 1.54) is 17.2 Å². The number of rotatable bonds is 10. The number of aliphatic hydroxyl groups is 1. The second-order valence-corrected chi connectivity index (χ2v) is 9.92. The number of fused-ring (bicyclic) bond motifs is 1. The van der Waals surface area contributed by atoms with Crippen LogP contribution in [0.5, 0.6) is 0 Å². The van der Waals surface area contributed by atoms with Gasteiger partial charge in [-0.2, -0.15) is 4.67 Å². The average Bonchev–Trinajstić information content (AvgIpc) is 3.27. The molecule has 18 heteroatoms. The third-order valence-corrected chi connectivity index (χ3v) is 6.70. The maximum absolute atomic E-state index is 12.4. The number of ether oxygens (including phenoxy) is 2. The minimum Gasteiger partial charge on any atom is -0.451 e. The molecular formula is C13H20N6O10P2. The molecule has 2 aromatic heterocycles. The fourth-order valence-corrected chi connectivity index (χ4v) is 5.25. The molecule has 6 N–H and O–H groups in total. The highest BCUT2D eigenvalue weighted by Gasteiger charge is 2.40. The summed E-state index contributed by atoms with van der Waals surface area (Å²) < 4.78 is 40.3. The van der Waals surface area contributed by atoms with Crippen LogP contribution in [0.3, 0.4) is 0 Å². The molecule has 0 amide bonds. The molecule has 0 bridgehead atoms. The van der Waals surface area contributed by atoms with E-state index in [1.54, 1.807) is 0 Å². The number of hydrogen-bond acceptors (Lipinski definition) is 11. The van der Waals surface area contributed by atoms with Gasteiger partial charge in [-0.3, -0.25) is 18.5 Å². The van der Waals surface area contributed by atoms with Crippen molar-refractivity contribution in [3.8, 4) is 0 Å². The van der Waals surface area contributed by atoms with Crippen LogP contribution in [0.25, 0.3) is 11.2 Å². The molecule has 1 aliphatic heterocycles. The monoisotopic (exact) mass is 482 g/mol. The smallest absolute Gasteiger partial charge is 0.409 e. The lowest BCUT2D eigenvalue weighted by Crippen LogP contribution is -2.30. The molecular weight excluding hydrogens is 462 g/mol. The second-order valence-electron chi connectivity index (χ2n) is 6.51. The number of nitrogen functional groups attached to an aromatic ring is 1. The van der Waals surface area contributed by atoms with Crippen molar-refractivity contribution in [3.63, 3.8) is 0 Å². The van der Waals surface area contributed by atoms with E-state index in [1.807, 2.05) is 0 Å². The lowest BCUT2D eigenvalue weighted by atomic mass is 10.2. The first-order chi connectivity index (χ1) is 14.5. The van der Waals surface area contributed by atoms with E-state index in [-0.39, 0.29) is 23.4 Å². The molecule has 0 spiro atoms. The number of aliphatic hydroxyl groups excluding tert-OH is 1. The van der Waals surface area contributed by atoms with Crippen LogP contribution in [-0.4, -0.2) is 82.3 Å². The van der Waals surface area contributed by atoms with E-state index in [0.29, 0.717) is 11.2 Å². The molecule has 2 unspecified atom stereocenters. The summed E-state index contributed by atoms with van der Waals surface area (Å²) in [7, 11) is -9.61. The Hall–Kier alpha value is -2.00. The number of nitrogens with two attached hydrogens (primary N) is 1. The average molecular weight is 482 g/mol. The lowest BCUT2D eigenvalue weighted by Gasteiger charge is -2.26. The fraction of sp³-hybridized carbons (Fsp3) is 0.538. The van der Waals surface area contributed by atoms with Gasteiger partial charge in [-0.05, 0) is 0 Å². The zero-order chi connectivity index (χ0) is 22.8. The molecule has 4 atom stereocenters. The number of nitrogens with zero attached hydrogens (tertiary/aromatic N) is 5. The van der Waals surface area contributed by atoms with Crippen molar-refractivity contribution in [2.24, 2.45) is 0 Å². The van der Waals surface area contributed by atoms with Gasteiger partial charge < -0.3 is 35.0 Å². The Kier molecular flexibility index (Phi) is 7.05. The molecule has 2 aromatic rings. The van der Waals surface area contributed by atoms with Crippen LogP contribution in [0.4, 0.5) is 5.82 Å². The zero-order valence-electron chi connectivity index (χ0n) is 15.7. The highest BCUT2D eigenvalue weighted by Crippen LogP contribution is 2.51. The van der Waals surface area contributed by atoms with Crippen molar-refractivity contribution >= 4 is 38.8 Å². The quantitative estimate of drug-likeness (QED) is 0.151. The van der Waals surface area contributed by atoms with E-state index in [9.17, 15) is 23.9 Å². The van der Waals surface area contributed by atoms with Crippen LogP contribution in [0, 0.1) is 0 Å². The van der Waals surface area contributed by atoms with Crippen molar-refractivity contribution in [2.75, 3.05) is 25.4 Å². The second kappa shape index (κ2) is 9.24. The summed E-state index contributed by atoms with van der Waals surface area (Å²) in [5, 5.41) is 10.3. The van der Waals surface area contributed by atoms with Gasteiger partial charge in [0.25, 0.3) is 6.47 Å². The Labute approximate surface area is 174 Å². The van der Waals surface area contributed by atoms with E-state index in [0.717, 1.165) is 0 Å². The normalized spacial score (nSPS) is 23.8. The molecule has 0 radical (unpaired) electrons. The summed E-state index contributed by atoms with van der Waals surface area (Å²) in [6.07, 6.45) is -1.42. The predicted molar refractivity (Wildman–Crippen MR) is 101 cm³/mol. The first-order valence-corrected chi connectivity index (χ1v) is 11.9. The summed E-state index contributed by atoms with van der Waals surface area (Å²) in [5.41, 5.74) is 6.43. The summed E-state index contributed by atoms with van der Waals surface area (Å²) in [5.74, 6) is 0.158. The highest BCUT2D eigenvalue weighted by molar-refractivity contribution is 7.54. The molecule has 3 rings (SSSR count). The molecule has 31 heavy (non-hydrogen) atoms. The molecule has 1 fully saturated rings. The minimum atomic E-state index is -4.82. The number of anilines is 1. The maximum atomic E-state index is 12.4. The van der Waals surface area contributed by atoms with Gasteiger partial charge in [0.15, 0.2) is 18.2 Å². The van der Waals surface area contributed by atoms with E-state index < -0.39 is 53.4 Å². The van der Waals surface area contributed by atoms with Crippen LogP contribution in [0.15, 0.2) is 12.7 Å². The van der Waals surface area contributed by atoms with Crippen molar-refractivity contribution in [1.82, 2.24) is 24.2 Å². The van der Waals surface area contributed by atoms with Gasteiger partial charge in [-0.25, -0.2) is 19.5 Å². The first-order valence-electron chi connectivity index (χ1n) is 8.61. The largest absolute Gasteiger partial charge is 0.451 e. The van der Waals surface area contributed by atoms with Crippen molar-refractivity contribution in [3.05, 3.63) is 12.7 Å². The third kappa shape index (κ3) is 5.63. The Morgan fingerprint density at radius 2 is 2.06 bits per heavy atom. The van der Waals surface area contributed by atoms with Crippen LogP contribution in [-0.2, 0) is 27.9 Å². The van der Waals surface area contributed by atoms with Crippen LogP contribution < -0.4 is 5.73 Å². The van der Waals surface area contributed by atoms with E-state index in [2.05, 4.69) is 19.7 Å². The molecule has 1 aliphatic rings. The summed E-state index contributed by atoms with van der Waals surface area (Å²) in [6, 6.07) is 0. The predicted octanol–water partition coefficient (Wildman–Crippen LogP) is -1.26. The van der Waals surface area contributed by atoms with Crippen molar-refractivity contribution in [2.45, 2.75) is 24.9 Å². The number of carbonyl (C=O) groups excluding carboxylic acids is 1. The molecule has 0 saturated carbocycles. The van der Waals surface area contributed by atoms with Gasteiger partial charge >= 0.3 is 15.3 Å². The maximum Gasteiger partial charge on any atom is 0.409 e. The first kappa shape index (κ1) is 23.7. The minimum absolute atomic E-state index is 0.0626. The van der Waals surface area contributed by atoms with Gasteiger partial charge in [0.05, 0.1) is 19.0 Å². The zero-order valence-corrected chi connectivity index (χ0v) is 17.5. The van der Waals surface area contributed by atoms with Gasteiger partial charge in [0.1, 0.15) is 30.5 Å². The van der Waals surface area contributed by atoms with Crippen LogP contribution in [0.1, 0.15) is 12.6 Å². The molecule has 0 aromatic carbocycles. The van der Waals surface area contributed by atoms with Gasteiger partial charge in [0, 0.05) is 6.42 Å². The van der Waals surface area contributed by atoms with E-state index in [4.69, 9.17) is 24.8 Å². The highest BCUT2D eigenvalue weighted by atomic mass is 31.2. The summed E-state index contributed by atoms with van der Waals surface area (Å²) in [6.45, 7) is -1.57. The Balaban J connectivity index is 1.68. The van der Waals surface area contributed by atoms with Crippen molar-refractivity contribution in [1.29, 1.82) is 0 Å². The Morgan fingerprint density at radius 1 is 1.32 bits per heavy atom. The van der Waals surface area contributed by atoms with Gasteiger partial charge in [-0.15, -0.1) is 0 Å². The summed E-state index contributed by atoms with van der Waals surface area (Å²) in [4.78, 5) is 50.5. The standard InChI is InChI=1S/C13H20N6O10P2/c14-12-11-13(16-3-15-12)19(4-17-11)10-1-8(21)9(29-10)2-28-31(25,26)18(5-27-7-20)6-30(22,23)24/h3-4,7-10,21H,1-2,5-6H2,(H,25,26)(H2,14,15,16)(H2,22,23,24)/t8?,9-,10-/m1/s1. The SMILES string of the molecule is Nc1ncnc2c1ncn2[C@H]1CC(O)[C@@H](COP(=O)(O)N(COC=O)CP(=O)(O)O)O1.